The lowest BCUT2D eigenvalue weighted by atomic mass is 9.82. The first-order chi connectivity index (χ1) is 12.0. The van der Waals surface area contributed by atoms with Gasteiger partial charge >= 0.3 is 5.97 Å². The number of carbonyl (C=O) groups is 3. The zero-order valence-electron chi connectivity index (χ0n) is 13.8. The Hall–Kier alpha value is -3.15. The highest BCUT2D eigenvalue weighted by Gasteiger charge is 2.35. The predicted molar refractivity (Wildman–Crippen MR) is 89.0 cm³/mol. The average molecular weight is 340 g/mol. The Bertz CT molecular complexity index is 897. The molecule has 2 aromatic carbocycles. The molecule has 0 fully saturated rings. The molecule has 0 aliphatic heterocycles. The number of benzene rings is 2. The lowest BCUT2D eigenvalue weighted by Gasteiger charge is -2.22. The molecule has 0 saturated carbocycles. The molecule has 3 rings (SSSR count). The molecule has 0 bridgehead atoms. The Labute approximate surface area is 144 Å². The number of hydrogen-bond acceptors (Lipinski definition) is 5. The molecule has 1 aliphatic carbocycles. The zero-order valence-corrected chi connectivity index (χ0v) is 13.8. The van der Waals surface area contributed by atoms with Gasteiger partial charge in [-0.2, -0.15) is 0 Å². The van der Waals surface area contributed by atoms with Gasteiger partial charge in [-0.1, -0.05) is 12.1 Å². The lowest BCUT2D eigenvalue weighted by Crippen LogP contribution is -2.23. The van der Waals surface area contributed by atoms with Crippen LogP contribution < -0.4 is 9.47 Å². The van der Waals surface area contributed by atoms with Gasteiger partial charge in [0.2, 0.25) is 5.78 Å². The third kappa shape index (κ3) is 2.65. The summed E-state index contributed by atoms with van der Waals surface area (Å²) in [6.45, 7) is 4.08. The molecule has 0 radical (unpaired) electrons. The van der Waals surface area contributed by atoms with Crippen molar-refractivity contribution in [3.63, 3.8) is 0 Å². The normalized spacial score (nSPS) is 12.4. The molecule has 6 heteroatoms. The molecule has 0 atom stereocenters. The van der Waals surface area contributed by atoms with Gasteiger partial charge in [0.1, 0.15) is 11.5 Å². The maximum atomic E-state index is 13.1. The molecular weight excluding hydrogens is 324 g/mol. The van der Waals surface area contributed by atoms with Crippen LogP contribution in [0.25, 0.3) is 0 Å². The Morgan fingerprint density at radius 3 is 2.20 bits per heavy atom. The first-order valence-electron chi connectivity index (χ1n) is 7.88. The Morgan fingerprint density at radius 2 is 1.56 bits per heavy atom. The van der Waals surface area contributed by atoms with Gasteiger partial charge in [-0.05, 0) is 32.0 Å². The van der Waals surface area contributed by atoms with Crippen molar-refractivity contribution >= 4 is 17.5 Å². The molecule has 0 saturated heterocycles. The maximum absolute atomic E-state index is 13.1. The van der Waals surface area contributed by atoms with Crippen LogP contribution in [0.2, 0.25) is 0 Å². The number of ketones is 2. The second-order valence-corrected chi connectivity index (χ2v) is 5.41. The van der Waals surface area contributed by atoms with E-state index in [0.29, 0.717) is 12.4 Å². The van der Waals surface area contributed by atoms with Crippen LogP contribution in [-0.2, 0) is 0 Å². The fourth-order valence-corrected chi connectivity index (χ4v) is 2.92. The Morgan fingerprint density at radius 1 is 0.920 bits per heavy atom. The van der Waals surface area contributed by atoms with E-state index >= 15 is 0 Å². The van der Waals surface area contributed by atoms with Crippen molar-refractivity contribution in [1.82, 2.24) is 0 Å². The molecule has 128 valence electrons. The number of carboxylic acid groups (broad SMARTS) is 1. The quantitative estimate of drug-likeness (QED) is 0.768. The van der Waals surface area contributed by atoms with Crippen molar-refractivity contribution in [2.45, 2.75) is 13.8 Å². The summed E-state index contributed by atoms with van der Waals surface area (Å²) in [4.78, 5) is 37.3. The lowest BCUT2D eigenvalue weighted by molar-refractivity contribution is 0.0695. The first-order valence-corrected chi connectivity index (χ1v) is 7.88. The van der Waals surface area contributed by atoms with Crippen LogP contribution in [0.15, 0.2) is 30.3 Å². The molecule has 0 unspecified atom stereocenters. The summed E-state index contributed by atoms with van der Waals surface area (Å²) >= 11 is 0. The summed E-state index contributed by atoms with van der Waals surface area (Å²) in [6, 6.07) is 7.28. The number of carboxylic acids is 1. The summed E-state index contributed by atoms with van der Waals surface area (Å²) < 4.78 is 10.9. The van der Waals surface area contributed by atoms with Gasteiger partial charge in [0, 0.05) is 11.1 Å². The maximum Gasteiger partial charge on any atom is 0.335 e. The minimum Gasteiger partial charge on any atom is -0.493 e. The average Bonchev–Trinajstić information content (AvgIpc) is 2.59. The highest BCUT2D eigenvalue weighted by Crippen LogP contribution is 2.38. The summed E-state index contributed by atoms with van der Waals surface area (Å²) in [5.41, 5.74) is 0.401. The molecular formula is C19H16O6. The second kappa shape index (κ2) is 6.39. The fraction of sp³-hybridized carbons (Fsp3) is 0.211. The van der Waals surface area contributed by atoms with Crippen LogP contribution in [0, 0.1) is 0 Å². The van der Waals surface area contributed by atoms with Crippen LogP contribution in [-0.4, -0.2) is 35.9 Å². The van der Waals surface area contributed by atoms with Crippen molar-refractivity contribution in [3.8, 4) is 11.5 Å². The van der Waals surface area contributed by atoms with E-state index < -0.39 is 17.5 Å². The van der Waals surface area contributed by atoms with Gasteiger partial charge in [0.05, 0.1) is 29.9 Å². The van der Waals surface area contributed by atoms with Crippen molar-refractivity contribution in [1.29, 1.82) is 0 Å². The highest BCUT2D eigenvalue weighted by atomic mass is 16.5. The summed E-state index contributed by atoms with van der Waals surface area (Å²) in [5.74, 6) is -1.61. The third-order valence-electron chi connectivity index (χ3n) is 3.92. The topological polar surface area (TPSA) is 89.9 Å². The number of rotatable bonds is 5. The minimum absolute atomic E-state index is 0.0366. The van der Waals surface area contributed by atoms with Crippen LogP contribution in [0.3, 0.4) is 0 Å². The molecule has 6 nitrogen and oxygen atoms in total. The van der Waals surface area contributed by atoms with Crippen LogP contribution in [0.5, 0.6) is 11.5 Å². The zero-order chi connectivity index (χ0) is 18.1. The van der Waals surface area contributed by atoms with Crippen molar-refractivity contribution in [2.24, 2.45) is 0 Å². The first kappa shape index (κ1) is 16.7. The smallest absolute Gasteiger partial charge is 0.335 e. The number of ether oxygens (including phenoxy) is 2. The summed E-state index contributed by atoms with van der Waals surface area (Å²) in [6.07, 6.45) is 0. The summed E-state index contributed by atoms with van der Waals surface area (Å²) in [7, 11) is 0. The standard InChI is InChI=1S/C19H16O6/c1-3-24-13-7-5-6-11-15(13)18(21)16-12(17(11)20)8-10(19(22)23)9-14(16)25-4-2/h5-9H,3-4H2,1-2H3,(H,22,23). The Balaban J connectivity index is 2.29. The number of hydrogen-bond donors (Lipinski definition) is 1. The van der Waals surface area contributed by atoms with E-state index in [4.69, 9.17) is 9.47 Å². The van der Waals surface area contributed by atoms with Gasteiger partial charge in [0.15, 0.2) is 5.78 Å². The number of fused-ring (bicyclic) bond motifs is 2. The van der Waals surface area contributed by atoms with E-state index in [0.717, 1.165) is 0 Å². The predicted octanol–water partition coefficient (Wildman–Crippen LogP) is 2.96. The van der Waals surface area contributed by atoms with E-state index in [1.807, 2.05) is 0 Å². The molecule has 1 N–H and O–H groups in total. The van der Waals surface area contributed by atoms with Crippen LogP contribution in [0.4, 0.5) is 0 Å². The van der Waals surface area contributed by atoms with E-state index in [1.165, 1.54) is 18.2 Å². The second-order valence-electron chi connectivity index (χ2n) is 5.41. The molecule has 2 aromatic rings. The van der Waals surface area contributed by atoms with Crippen molar-refractivity contribution in [3.05, 3.63) is 58.1 Å². The van der Waals surface area contributed by atoms with Crippen LogP contribution >= 0.6 is 0 Å². The van der Waals surface area contributed by atoms with Crippen molar-refractivity contribution in [2.75, 3.05) is 13.2 Å². The number of carbonyl (C=O) groups excluding carboxylic acids is 2. The fourth-order valence-electron chi connectivity index (χ4n) is 2.92. The monoisotopic (exact) mass is 340 g/mol. The molecule has 25 heavy (non-hydrogen) atoms. The largest absolute Gasteiger partial charge is 0.493 e. The van der Waals surface area contributed by atoms with Crippen molar-refractivity contribution < 1.29 is 29.0 Å². The van der Waals surface area contributed by atoms with E-state index in [-0.39, 0.29) is 40.2 Å². The summed E-state index contributed by atoms with van der Waals surface area (Å²) in [5, 5.41) is 9.27. The van der Waals surface area contributed by atoms with Gasteiger partial charge < -0.3 is 14.6 Å². The molecule has 0 spiro atoms. The molecule has 0 heterocycles. The van der Waals surface area contributed by atoms with Crippen LogP contribution in [0.1, 0.15) is 56.0 Å². The van der Waals surface area contributed by atoms with Gasteiger partial charge in [-0.3, -0.25) is 9.59 Å². The van der Waals surface area contributed by atoms with Gasteiger partial charge in [-0.15, -0.1) is 0 Å². The van der Waals surface area contributed by atoms with E-state index in [9.17, 15) is 19.5 Å². The van der Waals surface area contributed by atoms with Gasteiger partial charge in [-0.25, -0.2) is 4.79 Å². The minimum atomic E-state index is -1.20. The molecule has 1 aliphatic rings. The molecule has 0 amide bonds. The SMILES string of the molecule is CCOc1cccc2c1C(=O)c1c(OCC)cc(C(=O)O)cc1C2=O. The highest BCUT2D eigenvalue weighted by molar-refractivity contribution is 6.30. The third-order valence-corrected chi connectivity index (χ3v) is 3.92. The molecule has 0 aromatic heterocycles. The van der Waals surface area contributed by atoms with E-state index in [2.05, 4.69) is 0 Å². The number of aromatic carboxylic acids is 1. The van der Waals surface area contributed by atoms with Gasteiger partial charge in [0.25, 0.3) is 0 Å². The Kier molecular flexibility index (Phi) is 4.27. The van der Waals surface area contributed by atoms with E-state index in [1.54, 1.807) is 26.0 Å².